The summed E-state index contributed by atoms with van der Waals surface area (Å²) in [5, 5.41) is 6.13. The highest BCUT2D eigenvalue weighted by Gasteiger charge is 2.34. The molecule has 2 heterocycles. The monoisotopic (exact) mass is 383 g/mol. The first-order chi connectivity index (χ1) is 13.4. The number of benzene rings is 1. The number of carbonyl (C=O) groups is 1. The SMILES string of the molecule is CCOc1ccc2c(n1)CCN[C@H]2C(=O)Nc1cc(F)c2c(c1)CCC2(C)C. The molecule has 0 bridgehead atoms. The molecule has 1 aromatic heterocycles. The average molecular weight is 383 g/mol. The van der Waals surface area contributed by atoms with Crippen LogP contribution in [0.3, 0.4) is 0 Å². The molecule has 0 spiro atoms. The van der Waals surface area contributed by atoms with E-state index in [2.05, 4.69) is 29.5 Å². The molecule has 4 rings (SSSR count). The van der Waals surface area contributed by atoms with Crippen molar-refractivity contribution in [2.45, 2.75) is 51.5 Å². The van der Waals surface area contributed by atoms with Crippen LogP contribution in [0.15, 0.2) is 24.3 Å². The van der Waals surface area contributed by atoms with Gasteiger partial charge >= 0.3 is 0 Å². The maximum Gasteiger partial charge on any atom is 0.246 e. The predicted molar refractivity (Wildman–Crippen MR) is 106 cm³/mol. The number of amides is 1. The second-order valence-electron chi connectivity index (χ2n) is 8.12. The zero-order valence-electron chi connectivity index (χ0n) is 16.6. The van der Waals surface area contributed by atoms with Crippen LogP contribution in [0.4, 0.5) is 10.1 Å². The zero-order chi connectivity index (χ0) is 19.9. The Balaban J connectivity index is 1.57. The molecule has 1 aromatic carbocycles. The Kier molecular flexibility index (Phi) is 4.83. The van der Waals surface area contributed by atoms with Crippen LogP contribution in [-0.2, 0) is 23.1 Å². The number of nitrogens with zero attached hydrogens (tertiary/aromatic N) is 1. The van der Waals surface area contributed by atoms with Crippen LogP contribution < -0.4 is 15.4 Å². The molecule has 6 heteroatoms. The highest BCUT2D eigenvalue weighted by atomic mass is 19.1. The van der Waals surface area contributed by atoms with Gasteiger partial charge in [0.2, 0.25) is 11.8 Å². The highest BCUT2D eigenvalue weighted by Crippen LogP contribution is 2.41. The van der Waals surface area contributed by atoms with E-state index in [1.54, 1.807) is 6.07 Å². The van der Waals surface area contributed by atoms with Crippen LogP contribution in [-0.4, -0.2) is 24.0 Å². The van der Waals surface area contributed by atoms with Gasteiger partial charge in [-0.25, -0.2) is 9.37 Å². The summed E-state index contributed by atoms with van der Waals surface area (Å²) in [5.41, 5.74) is 3.82. The Morgan fingerprint density at radius 2 is 2.18 bits per heavy atom. The highest BCUT2D eigenvalue weighted by molar-refractivity contribution is 5.96. The van der Waals surface area contributed by atoms with Gasteiger partial charge in [0.15, 0.2) is 0 Å². The molecule has 2 aromatic rings. The summed E-state index contributed by atoms with van der Waals surface area (Å²) in [7, 11) is 0. The molecule has 0 fully saturated rings. The van der Waals surface area contributed by atoms with Crippen molar-refractivity contribution in [1.82, 2.24) is 10.3 Å². The Bertz CT molecular complexity index is 926. The Morgan fingerprint density at radius 3 is 2.96 bits per heavy atom. The van der Waals surface area contributed by atoms with Gasteiger partial charge in [0.1, 0.15) is 11.9 Å². The first kappa shape index (κ1) is 18.9. The van der Waals surface area contributed by atoms with Crippen molar-refractivity contribution in [2.24, 2.45) is 0 Å². The van der Waals surface area contributed by atoms with Gasteiger partial charge in [-0.15, -0.1) is 0 Å². The lowest BCUT2D eigenvalue weighted by molar-refractivity contribution is -0.118. The molecule has 1 amide bonds. The number of halogens is 1. The van der Waals surface area contributed by atoms with Crippen LogP contribution in [0, 0.1) is 5.82 Å². The molecular weight excluding hydrogens is 357 g/mol. The van der Waals surface area contributed by atoms with Gasteiger partial charge in [0, 0.05) is 30.3 Å². The molecule has 28 heavy (non-hydrogen) atoms. The van der Waals surface area contributed by atoms with E-state index in [1.807, 2.05) is 19.1 Å². The smallest absolute Gasteiger partial charge is 0.246 e. The van der Waals surface area contributed by atoms with Crippen LogP contribution in [0.2, 0.25) is 0 Å². The molecular formula is C22H26FN3O2. The maximum atomic E-state index is 14.7. The summed E-state index contributed by atoms with van der Waals surface area (Å²) in [6, 6.07) is 6.50. The first-order valence-corrected chi connectivity index (χ1v) is 9.89. The molecule has 5 nitrogen and oxygen atoms in total. The van der Waals surface area contributed by atoms with E-state index >= 15 is 0 Å². The number of ether oxygens (including phenoxy) is 1. The fraction of sp³-hybridized carbons (Fsp3) is 0.455. The van der Waals surface area contributed by atoms with Crippen molar-refractivity contribution in [3.63, 3.8) is 0 Å². The van der Waals surface area contributed by atoms with Crippen molar-refractivity contribution in [2.75, 3.05) is 18.5 Å². The molecule has 1 aliphatic carbocycles. The van der Waals surface area contributed by atoms with E-state index in [9.17, 15) is 9.18 Å². The maximum absolute atomic E-state index is 14.7. The lowest BCUT2D eigenvalue weighted by atomic mass is 9.86. The largest absolute Gasteiger partial charge is 0.478 e. The van der Waals surface area contributed by atoms with E-state index in [0.29, 0.717) is 24.7 Å². The van der Waals surface area contributed by atoms with Crippen molar-refractivity contribution < 1.29 is 13.9 Å². The van der Waals surface area contributed by atoms with E-state index in [-0.39, 0.29) is 17.1 Å². The molecule has 0 unspecified atom stereocenters. The third kappa shape index (κ3) is 3.37. The summed E-state index contributed by atoms with van der Waals surface area (Å²) < 4.78 is 20.2. The molecule has 148 valence electrons. The third-order valence-electron chi connectivity index (χ3n) is 5.70. The Morgan fingerprint density at radius 1 is 1.36 bits per heavy atom. The number of aryl methyl sites for hydroxylation is 1. The van der Waals surface area contributed by atoms with Crippen molar-refractivity contribution >= 4 is 11.6 Å². The van der Waals surface area contributed by atoms with Gasteiger partial charge in [-0.2, -0.15) is 0 Å². The second kappa shape index (κ2) is 7.17. The fourth-order valence-corrected chi connectivity index (χ4v) is 4.34. The van der Waals surface area contributed by atoms with E-state index in [4.69, 9.17) is 4.74 Å². The van der Waals surface area contributed by atoms with Gasteiger partial charge < -0.3 is 15.4 Å². The molecule has 2 N–H and O–H groups in total. The van der Waals surface area contributed by atoms with Gasteiger partial charge in [-0.05, 0) is 54.5 Å². The molecule has 0 saturated heterocycles. The quantitative estimate of drug-likeness (QED) is 0.846. The fourth-order valence-electron chi connectivity index (χ4n) is 4.34. The number of nitrogens with one attached hydrogen (secondary N) is 2. The van der Waals surface area contributed by atoms with Gasteiger partial charge in [0.25, 0.3) is 0 Å². The average Bonchev–Trinajstić information content (AvgIpc) is 2.96. The number of hydrogen-bond acceptors (Lipinski definition) is 4. The summed E-state index contributed by atoms with van der Waals surface area (Å²) in [6.07, 6.45) is 2.49. The molecule has 1 atom stereocenters. The minimum absolute atomic E-state index is 0.157. The van der Waals surface area contributed by atoms with E-state index in [0.717, 1.165) is 41.6 Å². The zero-order valence-corrected chi connectivity index (χ0v) is 16.6. The number of aromatic nitrogens is 1. The van der Waals surface area contributed by atoms with E-state index < -0.39 is 6.04 Å². The molecule has 1 aliphatic heterocycles. The van der Waals surface area contributed by atoms with Crippen molar-refractivity contribution in [3.05, 3.63) is 52.5 Å². The second-order valence-corrected chi connectivity index (χ2v) is 8.12. The Labute approximate surface area is 164 Å². The minimum atomic E-state index is -0.514. The molecule has 0 saturated carbocycles. The van der Waals surface area contributed by atoms with Crippen LogP contribution in [0.25, 0.3) is 0 Å². The number of pyridine rings is 1. The molecule has 2 aliphatic rings. The summed E-state index contributed by atoms with van der Waals surface area (Å²) in [4.78, 5) is 17.4. The predicted octanol–water partition coefficient (Wildman–Crippen LogP) is 3.67. The summed E-state index contributed by atoms with van der Waals surface area (Å²) >= 11 is 0. The number of fused-ring (bicyclic) bond motifs is 2. The Hall–Kier alpha value is -2.47. The van der Waals surface area contributed by atoms with Gasteiger partial charge in [-0.3, -0.25) is 4.79 Å². The minimum Gasteiger partial charge on any atom is -0.478 e. The van der Waals surface area contributed by atoms with Crippen molar-refractivity contribution in [1.29, 1.82) is 0 Å². The van der Waals surface area contributed by atoms with Crippen LogP contribution >= 0.6 is 0 Å². The van der Waals surface area contributed by atoms with E-state index in [1.165, 1.54) is 6.07 Å². The topological polar surface area (TPSA) is 63.2 Å². The molecule has 0 radical (unpaired) electrons. The number of rotatable bonds is 4. The lowest BCUT2D eigenvalue weighted by Gasteiger charge is -2.26. The first-order valence-electron chi connectivity index (χ1n) is 9.89. The number of carbonyl (C=O) groups excluding carboxylic acids is 1. The normalized spacial score (nSPS) is 19.6. The standard InChI is InChI=1S/C22H26FN3O2/c1-4-28-18-6-5-15-17(26-18)8-10-24-20(15)21(27)25-14-11-13-7-9-22(2,3)19(13)16(23)12-14/h5-6,11-12,20,24H,4,7-10H2,1-3H3,(H,25,27)/t20-/m1/s1. The van der Waals surface area contributed by atoms with Gasteiger partial charge in [-0.1, -0.05) is 13.8 Å². The summed E-state index contributed by atoms with van der Waals surface area (Å²) in [6.45, 7) is 7.24. The van der Waals surface area contributed by atoms with Crippen LogP contribution in [0.1, 0.15) is 55.6 Å². The summed E-state index contributed by atoms with van der Waals surface area (Å²) in [5.74, 6) is 0.129. The third-order valence-corrected chi connectivity index (χ3v) is 5.70. The number of anilines is 1. The lowest BCUT2D eigenvalue weighted by Crippen LogP contribution is -2.38. The number of hydrogen-bond donors (Lipinski definition) is 2. The van der Waals surface area contributed by atoms with Crippen molar-refractivity contribution in [3.8, 4) is 5.88 Å². The van der Waals surface area contributed by atoms with Crippen LogP contribution in [0.5, 0.6) is 5.88 Å². The van der Waals surface area contributed by atoms with Gasteiger partial charge in [0.05, 0.1) is 12.3 Å².